The molecule has 1 unspecified atom stereocenters. The Morgan fingerprint density at radius 3 is 2.54 bits per heavy atom. The molecular formula is C18H20ClNO4. The number of nitrogens with one attached hydrogen (secondary N) is 1. The summed E-state index contributed by atoms with van der Waals surface area (Å²) in [6.45, 7) is 2.43. The van der Waals surface area contributed by atoms with Crippen molar-refractivity contribution in [2.24, 2.45) is 0 Å². The standard InChI is InChI=1S/C18H20ClNO4/c1-13(24-17-5-3-4-16(12-17)22-2)18(21)20-10-11-23-15-8-6-14(19)7-9-15/h3-9,12-13H,10-11H2,1-2H3,(H,20,21). The first-order valence-electron chi connectivity index (χ1n) is 7.55. The predicted molar refractivity (Wildman–Crippen MR) is 93.0 cm³/mol. The van der Waals surface area contributed by atoms with Gasteiger partial charge < -0.3 is 19.5 Å². The highest BCUT2D eigenvalue weighted by molar-refractivity contribution is 6.30. The number of hydrogen-bond donors (Lipinski definition) is 1. The SMILES string of the molecule is COc1cccc(OC(C)C(=O)NCCOc2ccc(Cl)cc2)c1. The fraction of sp³-hybridized carbons (Fsp3) is 0.278. The molecule has 1 N–H and O–H groups in total. The van der Waals surface area contributed by atoms with E-state index in [0.29, 0.717) is 35.4 Å². The third-order valence-corrected chi connectivity index (χ3v) is 3.46. The smallest absolute Gasteiger partial charge is 0.260 e. The van der Waals surface area contributed by atoms with Crippen LogP contribution in [0.2, 0.25) is 5.02 Å². The summed E-state index contributed by atoms with van der Waals surface area (Å²) in [6, 6.07) is 14.2. The fourth-order valence-corrected chi connectivity index (χ4v) is 2.08. The molecule has 24 heavy (non-hydrogen) atoms. The van der Waals surface area contributed by atoms with Crippen molar-refractivity contribution in [1.82, 2.24) is 5.32 Å². The Hall–Kier alpha value is -2.40. The zero-order valence-corrected chi connectivity index (χ0v) is 14.4. The van der Waals surface area contributed by atoms with Crippen molar-refractivity contribution in [2.45, 2.75) is 13.0 Å². The zero-order chi connectivity index (χ0) is 17.4. The molecule has 0 saturated carbocycles. The first-order chi connectivity index (χ1) is 11.6. The molecule has 0 saturated heterocycles. The monoisotopic (exact) mass is 349 g/mol. The van der Waals surface area contributed by atoms with E-state index in [1.807, 2.05) is 6.07 Å². The second-order valence-corrected chi connectivity index (χ2v) is 5.47. The van der Waals surface area contributed by atoms with Gasteiger partial charge in [-0.25, -0.2) is 0 Å². The van der Waals surface area contributed by atoms with Gasteiger partial charge in [0.1, 0.15) is 23.9 Å². The van der Waals surface area contributed by atoms with Gasteiger partial charge in [-0.15, -0.1) is 0 Å². The maximum absolute atomic E-state index is 12.0. The molecule has 2 aromatic rings. The molecule has 5 nitrogen and oxygen atoms in total. The highest BCUT2D eigenvalue weighted by atomic mass is 35.5. The minimum atomic E-state index is -0.618. The van der Waals surface area contributed by atoms with Crippen molar-refractivity contribution < 1.29 is 19.0 Å². The molecule has 0 aliphatic rings. The molecular weight excluding hydrogens is 330 g/mol. The van der Waals surface area contributed by atoms with Gasteiger partial charge in [0.15, 0.2) is 6.10 Å². The number of ether oxygens (including phenoxy) is 3. The lowest BCUT2D eigenvalue weighted by Crippen LogP contribution is -2.38. The van der Waals surface area contributed by atoms with Gasteiger partial charge in [0.2, 0.25) is 0 Å². The van der Waals surface area contributed by atoms with Gasteiger partial charge in [0, 0.05) is 11.1 Å². The average Bonchev–Trinajstić information content (AvgIpc) is 2.60. The largest absolute Gasteiger partial charge is 0.497 e. The summed E-state index contributed by atoms with van der Waals surface area (Å²) in [7, 11) is 1.58. The van der Waals surface area contributed by atoms with E-state index in [4.69, 9.17) is 25.8 Å². The van der Waals surface area contributed by atoms with Crippen molar-refractivity contribution in [3.8, 4) is 17.2 Å². The van der Waals surface area contributed by atoms with Gasteiger partial charge in [-0.05, 0) is 43.3 Å². The van der Waals surface area contributed by atoms with Crippen LogP contribution in [0.3, 0.4) is 0 Å². The van der Waals surface area contributed by atoms with Gasteiger partial charge >= 0.3 is 0 Å². The van der Waals surface area contributed by atoms with E-state index in [0.717, 1.165) is 0 Å². The molecule has 0 aliphatic heterocycles. The number of halogens is 1. The Labute approximate surface area is 146 Å². The lowest BCUT2D eigenvalue weighted by molar-refractivity contribution is -0.127. The third-order valence-electron chi connectivity index (χ3n) is 3.21. The topological polar surface area (TPSA) is 56.8 Å². The molecule has 6 heteroatoms. The zero-order valence-electron chi connectivity index (χ0n) is 13.6. The molecule has 1 atom stereocenters. The molecule has 0 spiro atoms. The Kier molecular flexibility index (Phi) is 6.75. The van der Waals surface area contributed by atoms with E-state index >= 15 is 0 Å². The van der Waals surface area contributed by atoms with Crippen LogP contribution in [0.5, 0.6) is 17.2 Å². The Morgan fingerprint density at radius 1 is 1.12 bits per heavy atom. The van der Waals surface area contributed by atoms with E-state index in [2.05, 4.69) is 5.32 Å². The lowest BCUT2D eigenvalue weighted by Gasteiger charge is -2.15. The summed E-state index contributed by atoms with van der Waals surface area (Å²) in [6.07, 6.45) is -0.618. The Balaban J connectivity index is 1.72. The summed E-state index contributed by atoms with van der Waals surface area (Å²) in [5.41, 5.74) is 0. The average molecular weight is 350 g/mol. The van der Waals surface area contributed by atoms with Crippen LogP contribution in [-0.2, 0) is 4.79 Å². The normalized spacial score (nSPS) is 11.5. The molecule has 0 aliphatic carbocycles. The summed E-state index contributed by atoms with van der Waals surface area (Å²) in [4.78, 5) is 12.0. The molecule has 0 bridgehead atoms. The third kappa shape index (κ3) is 5.66. The van der Waals surface area contributed by atoms with Crippen LogP contribution in [0.25, 0.3) is 0 Å². The van der Waals surface area contributed by atoms with E-state index < -0.39 is 6.10 Å². The minimum absolute atomic E-state index is 0.211. The van der Waals surface area contributed by atoms with E-state index in [1.54, 1.807) is 56.5 Å². The Morgan fingerprint density at radius 2 is 1.83 bits per heavy atom. The Bertz CT molecular complexity index is 660. The van der Waals surface area contributed by atoms with Gasteiger partial charge in [0.25, 0.3) is 5.91 Å². The molecule has 2 aromatic carbocycles. The maximum Gasteiger partial charge on any atom is 0.260 e. The second-order valence-electron chi connectivity index (χ2n) is 5.03. The predicted octanol–water partition coefficient (Wildman–Crippen LogP) is 3.31. The summed E-state index contributed by atoms with van der Waals surface area (Å²) in [5, 5.41) is 3.42. The number of hydrogen-bond acceptors (Lipinski definition) is 4. The minimum Gasteiger partial charge on any atom is -0.497 e. The number of amides is 1. The van der Waals surface area contributed by atoms with Crippen molar-refractivity contribution in [1.29, 1.82) is 0 Å². The van der Waals surface area contributed by atoms with Gasteiger partial charge in [0.05, 0.1) is 13.7 Å². The van der Waals surface area contributed by atoms with Crippen LogP contribution in [0.1, 0.15) is 6.92 Å². The summed E-state index contributed by atoms with van der Waals surface area (Å²) >= 11 is 5.80. The molecule has 1 amide bonds. The van der Waals surface area contributed by atoms with E-state index in [-0.39, 0.29) is 5.91 Å². The highest BCUT2D eigenvalue weighted by Gasteiger charge is 2.14. The van der Waals surface area contributed by atoms with Crippen molar-refractivity contribution >= 4 is 17.5 Å². The van der Waals surface area contributed by atoms with Crippen LogP contribution in [0.15, 0.2) is 48.5 Å². The number of methoxy groups -OCH3 is 1. The molecule has 0 heterocycles. The summed E-state index contributed by atoms with van der Waals surface area (Å²) in [5.74, 6) is 1.75. The van der Waals surface area contributed by atoms with Crippen molar-refractivity contribution in [3.63, 3.8) is 0 Å². The highest BCUT2D eigenvalue weighted by Crippen LogP contribution is 2.20. The van der Waals surface area contributed by atoms with Crippen LogP contribution >= 0.6 is 11.6 Å². The van der Waals surface area contributed by atoms with Crippen LogP contribution < -0.4 is 19.5 Å². The van der Waals surface area contributed by atoms with Gasteiger partial charge in [-0.3, -0.25) is 4.79 Å². The van der Waals surface area contributed by atoms with E-state index in [9.17, 15) is 4.79 Å². The molecule has 0 radical (unpaired) electrons. The second kappa shape index (κ2) is 9.03. The summed E-state index contributed by atoms with van der Waals surface area (Å²) < 4.78 is 16.2. The van der Waals surface area contributed by atoms with Gasteiger partial charge in [-0.2, -0.15) is 0 Å². The molecule has 0 aromatic heterocycles. The fourth-order valence-electron chi connectivity index (χ4n) is 1.95. The van der Waals surface area contributed by atoms with Gasteiger partial charge in [-0.1, -0.05) is 17.7 Å². The van der Waals surface area contributed by atoms with Crippen LogP contribution in [0, 0.1) is 0 Å². The number of rotatable bonds is 8. The molecule has 2 rings (SSSR count). The number of carbonyl (C=O) groups is 1. The van der Waals surface area contributed by atoms with E-state index in [1.165, 1.54) is 0 Å². The first-order valence-corrected chi connectivity index (χ1v) is 7.93. The lowest BCUT2D eigenvalue weighted by atomic mass is 10.3. The quantitative estimate of drug-likeness (QED) is 0.743. The van der Waals surface area contributed by atoms with Crippen molar-refractivity contribution in [3.05, 3.63) is 53.6 Å². The maximum atomic E-state index is 12.0. The molecule has 128 valence electrons. The molecule has 0 fully saturated rings. The number of benzene rings is 2. The van der Waals surface area contributed by atoms with Crippen LogP contribution in [-0.4, -0.2) is 32.3 Å². The van der Waals surface area contributed by atoms with Crippen molar-refractivity contribution in [2.75, 3.05) is 20.3 Å². The first kappa shape index (κ1) is 17.9. The van der Waals surface area contributed by atoms with Crippen LogP contribution in [0.4, 0.5) is 0 Å². The number of carbonyl (C=O) groups excluding carboxylic acids is 1.